The summed E-state index contributed by atoms with van der Waals surface area (Å²) in [5.74, 6) is 0.869. The van der Waals surface area contributed by atoms with E-state index in [1.165, 1.54) is 5.54 Å². The standard InChI is InChI=1S/C12H15Cl2NO/c1-9-4-3-5-10(7-15-2)12(9)16-8-11(14)6-13/h3-6,15H,7-8H2,1-2H3/b11-6-. The molecule has 0 atom stereocenters. The SMILES string of the molecule is CNCc1cccc(C)c1OC/C(Cl)=C/Cl. The average molecular weight is 260 g/mol. The Kier molecular flexibility index (Phi) is 5.67. The van der Waals surface area contributed by atoms with E-state index in [4.69, 9.17) is 27.9 Å². The maximum Gasteiger partial charge on any atom is 0.127 e. The predicted molar refractivity (Wildman–Crippen MR) is 69.2 cm³/mol. The Morgan fingerprint density at radius 1 is 1.50 bits per heavy atom. The highest BCUT2D eigenvalue weighted by molar-refractivity contribution is 6.36. The summed E-state index contributed by atoms with van der Waals surface area (Å²) in [5.41, 5.74) is 3.52. The molecule has 4 heteroatoms. The van der Waals surface area contributed by atoms with Crippen LogP contribution in [0.25, 0.3) is 0 Å². The second kappa shape index (κ2) is 6.79. The van der Waals surface area contributed by atoms with Gasteiger partial charge >= 0.3 is 0 Å². The summed E-state index contributed by atoms with van der Waals surface area (Å²) < 4.78 is 5.65. The predicted octanol–water partition coefficient (Wildman–Crippen LogP) is 3.41. The molecule has 0 aliphatic heterocycles. The van der Waals surface area contributed by atoms with Gasteiger partial charge in [0.25, 0.3) is 0 Å². The van der Waals surface area contributed by atoms with Gasteiger partial charge in [-0.1, -0.05) is 41.4 Å². The molecule has 0 bridgehead atoms. The number of ether oxygens (including phenoxy) is 1. The third-order valence-corrected chi connectivity index (χ3v) is 2.73. The minimum absolute atomic E-state index is 0.298. The number of rotatable bonds is 5. The Bertz CT molecular complexity index is 377. The van der Waals surface area contributed by atoms with Crippen molar-refractivity contribution >= 4 is 23.2 Å². The molecule has 0 heterocycles. The van der Waals surface area contributed by atoms with Crippen molar-refractivity contribution in [2.45, 2.75) is 13.5 Å². The molecule has 0 unspecified atom stereocenters. The number of aryl methyl sites for hydroxylation is 1. The van der Waals surface area contributed by atoms with Crippen LogP contribution in [-0.4, -0.2) is 13.7 Å². The Hall–Kier alpha value is -0.700. The summed E-state index contributed by atoms with van der Waals surface area (Å²) >= 11 is 11.3. The first-order chi connectivity index (χ1) is 7.69. The molecule has 1 aromatic rings. The second-order valence-electron chi connectivity index (χ2n) is 3.44. The molecule has 0 spiro atoms. The van der Waals surface area contributed by atoms with Crippen molar-refractivity contribution in [1.82, 2.24) is 5.32 Å². The summed E-state index contributed by atoms with van der Waals surface area (Å²) in [6, 6.07) is 6.04. The second-order valence-corrected chi connectivity index (χ2v) is 4.14. The Labute approximate surface area is 106 Å². The number of nitrogens with one attached hydrogen (secondary N) is 1. The lowest BCUT2D eigenvalue weighted by Gasteiger charge is -2.13. The maximum absolute atomic E-state index is 5.79. The molecule has 0 saturated heterocycles. The topological polar surface area (TPSA) is 21.3 Å². The van der Waals surface area contributed by atoms with Crippen LogP contribution in [0.15, 0.2) is 28.8 Å². The largest absolute Gasteiger partial charge is 0.487 e. The van der Waals surface area contributed by atoms with Crippen molar-refractivity contribution in [3.05, 3.63) is 39.9 Å². The summed E-state index contributed by atoms with van der Waals surface area (Å²) in [6.45, 7) is 3.07. The quantitative estimate of drug-likeness (QED) is 0.875. The zero-order valence-corrected chi connectivity index (χ0v) is 10.9. The molecule has 1 rings (SSSR count). The summed E-state index contributed by atoms with van der Waals surface area (Å²) in [7, 11) is 1.90. The van der Waals surface area contributed by atoms with Gasteiger partial charge in [-0.2, -0.15) is 0 Å². The number of benzene rings is 1. The molecule has 2 nitrogen and oxygen atoms in total. The van der Waals surface area contributed by atoms with Crippen LogP contribution in [0.5, 0.6) is 5.75 Å². The molecule has 1 aromatic carbocycles. The highest BCUT2D eigenvalue weighted by atomic mass is 35.5. The number of hydrogen-bond donors (Lipinski definition) is 1. The Morgan fingerprint density at radius 3 is 2.88 bits per heavy atom. The lowest BCUT2D eigenvalue weighted by atomic mass is 10.1. The first kappa shape index (κ1) is 13.4. The minimum Gasteiger partial charge on any atom is -0.487 e. The normalized spacial score (nSPS) is 11.6. The van der Waals surface area contributed by atoms with Gasteiger partial charge in [0.15, 0.2) is 0 Å². The zero-order chi connectivity index (χ0) is 12.0. The lowest BCUT2D eigenvalue weighted by molar-refractivity contribution is 0.352. The van der Waals surface area contributed by atoms with E-state index in [0.29, 0.717) is 11.6 Å². The monoisotopic (exact) mass is 259 g/mol. The molecule has 1 N–H and O–H groups in total. The van der Waals surface area contributed by atoms with Crippen molar-refractivity contribution in [2.75, 3.05) is 13.7 Å². The van der Waals surface area contributed by atoms with Crippen LogP contribution >= 0.6 is 23.2 Å². The van der Waals surface area contributed by atoms with E-state index >= 15 is 0 Å². The molecule has 0 radical (unpaired) electrons. The number of para-hydroxylation sites is 1. The van der Waals surface area contributed by atoms with Crippen LogP contribution in [0, 0.1) is 6.92 Å². The van der Waals surface area contributed by atoms with E-state index in [-0.39, 0.29) is 0 Å². The summed E-state index contributed by atoms with van der Waals surface area (Å²) in [6.07, 6.45) is 0. The first-order valence-corrected chi connectivity index (χ1v) is 5.81. The Balaban J connectivity index is 2.83. The van der Waals surface area contributed by atoms with Gasteiger partial charge in [0.2, 0.25) is 0 Å². The van der Waals surface area contributed by atoms with Gasteiger partial charge in [-0.3, -0.25) is 0 Å². The molecule has 0 amide bonds. The van der Waals surface area contributed by atoms with Gasteiger partial charge in [0.1, 0.15) is 12.4 Å². The van der Waals surface area contributed by atoms with Crippen LogP contribution in [0.1, 0.15) is 11.1 Å². The van der Waals surface area contributed by atoms with E-state index in [1.807, 2.05) is 32.2 Å². The number of hydrogen-bond acceptors (Lipinski definition) is 2. The third kappa shape index (κ3) is 3.71. The van der Waals surface area contributed by atoms with E-state index in [0.717, 1.165) is 23.4 Å². The molecular weight excluding hydrogens is 245 g/mol. The van der Waals surface area contributed by atoms with Crippen LogP contribution in [0.4, 0.5) is 0 Å². The minimum atomic E-state index is 0.298. The van der Waals surface area contributed by atoms with Crippen LogP contribution in [0.3, 0.4) is 0 Å². The van der Waals surface area contributed by atoms with Gasteiger partial charge in [-0.05, 0) is 19.5 Å². The highest BCUT2D eigenvalue weighted by Gasteiger charge is 2.06. The Morgan fingerprint density at radius 2 is 2.25 bits per heavy atom. The maximum atomic E-state index is 5.79. The number of halogens is 2. The first-order valence-electron chi connectivity index (χ1n) is 4.99. The molecule has 88 valence electrons. The van der Waals surface area contributed by atoms with Crippen LogP contribution < -0.4 is 10.1 Å². The fourth-order valence-corrected chi connectivity index (χ4v) is 1.54. The van der Waals surface area contributed by atoms with Crippen molar-refractivity contribution in [3.8, 4) is 5.75 Å². The molecular formula is C12H15Cl2NO. The van der Waals surface area contributed by atoms with E-state index < -0.39 is 0 Å². The fourth-order valence-electron chi connectivity index (χ4n) is 1.42. The van der Waals surface area contributed by atoms with Crippen LogP contribution in [-0.2, 0) is 6.54 Å². The summed E-state index contributed by atoms with van der Waals surface area (Å²) in [5, 5.41) is 3.59. The van der Waals surface area contributed by atoms with Gasteiger partial charge in [-0.25, -0.2) is 0 Å². The van der Waals surface area contributed by atoms with E-state index in [2.05, 4.69) is 5.32 Å². The van der Waals surface area contributed by atoms with Gasteiger partial charge in [0.05, 0.1) is 5.03 Å². The fraction of sp³-hybridized carbons (Fsp3) is 0.333. The smallest absolute Gasteiger partial charge is 0.127 e. The highest BCUT2D eigenvalue weighted by Crippen LogP contribution is 2.24. The average Bonchev–Trinajstić information content (AvgIpc) is 2.28. The van der Waals surface area contributed by atoms with E-state index in [9.17, 15) is 0 Å². The molecule has 0 aromatic heterocycles. The third-order valence-electron chi connectivity index (χ3n) is 2.13. The molecule has 0 aliphatic carbocycles. The van der Waals surface area contributed by atoms with Crippen molar-refractivity contribution in [1.29, 1.82) is 0 Å². The zero-order valence-electron chi connectivity index (χ0n) is 9.39. The molecule has 0 aliphatic rings. The molecule has 0 saturated carbocycles. The van der Waals surface area contributed by atoms with Gasteiger partial charge in [-0.15, -0.1) is 0 Å². The van der Waals surface area contributed by atoms with Crippen LogP contribution in [0.2, 0.25) is 0 Å². The van der Waals surface area contributed by atoms with Crippen molar-refractivity contribution < 1.29 is 4.74 Å². The van der Waals surface area contributed by atoms with Gasteiger partial charge in [0, 0.05) is 17.6 Å². The van der Waals surface area contributed by atoms with Gasteiger partial charge < -0.3 is 10.1 Å². The summed E-state index contributed by atoms with van der Waals surface area (Å²) in [4.78, 5) is 0. The van der Waals surface area contributed by atoms with Crippen molar-refractivity contribution in [3.63, 3.8) is 0 Å². The lowest BCUT2D eigenvalue weighted by Crippen LogP contribution is -2.09. The van der Waals surface area contributed by atoms with E-state index in [1.54, 1.807) is 0 Å². The molecule has 0 fully saturated rings. The van der Waals surface area contributed by atoms with Crippen molar-refractivity contribution in [2.24, 2.45) is 0 Å². The molecule has 16 heavy (non-hydrogen) atoms.